The summed E-state index contributed by atoms with van der Waals surface area (Å²) in [6.07, 6.45) is 4.21. The van der Waals surface area contributed by atoms with Crippen LogP contribution in [0.4, 0.5) is 4.79 Å². The van der Waals surface area contributed by atoms with Gasteiger partial charge in [0.1, 0.15) is 0 Å². The molecule has 0 heterocycles. The van der Waals surface area contributed by atoms with E-state index in [4.69, 9.17) is 10.2 Å². The Morgan fingerprint density at radius 2 is 1.94 bits per heavy atom. The molecular weight excluding hydrogens is 236 g/mol. The molecule has 0 aromatic carbocycles. The molecule has 1 fully saturated rings. The van der Waals surface area contributed by atoms with Gasteiger partial charge in [-0.25, -0.2) is 9.59 Å². The third-order valence-electron chi connectivity index (χ3n) is 3.42. The number of aliphatic carboxylic acids is 1. The van der Waals surface area contributed by atoms with Crippen molar-refractivity contribution < 1.29 is 19.8 Å². The average molecular weight is 258 g/mol. The summed E-state index contributed by atoms with van der Waals surface area (Å²) in [6.45, 7) is 0.170. The second kappa shape index (κ2) is 7.20. The average Bonchev–Trinajstić information content (AvgIpc) is 2.38. The maximum absolute atomic E-state index is 11.8. The predicted octanol–water partition coefficient (Wildman–Crippen LogP) is 0.796. The van der Waals surface area contributed by atoms with Crippen LogP contribution >= 0.6 is 0 Å². The first kappa shape index (κ1) is 14.8. The van der Waals surface area contributed by atoms with Gasteiger partial charge in [-0.05, 0) is 12.8 Å². The summed E-state index contributed by atoms with van der Waals surface area (Å²) in [4.78, 5) is 23.8. The number of amides is 2. The smallest absolute Gasteiger partial charge is 0.332 e. The molecule has 3 N–H and O–H groups in total. The molecule has 6 nitrogen and oxygen atoms in total. The Labute approximate surface area is 107 Å². The van der Waals surface area contributed by atoms with Gasteiger partial charge in [0.15, 0.2) is 6.10 Å². The number of nitrogens with zero attached hydrogens (tertiary/aromatic N) is 1. The summed E-state index contributed by atoms with van der Waals surface area (Å²) in [6, 6.07) is 0.0858. The number of aliphatic hydroxyl groups is 1. The lowest BCUT2D eigenvalue weighted by atomic mass is 9.95. The van der Waals surface area contributed by atoms with Gasteiger partial charge in [-0.1, -0.05) is 19.3 Å². The molecule has 0 bridgehead atoms. The van der Waals surface area contributed by atoms with Crippen LogP contribution in [0.2, 0.25) is 0 Å². The van der Waals surface area contributed by atoms with E-state index >= 15 is 0 Å². The summed E-state index contributed by atoms with van der Waals surface area (Å²) in [5.74, 6) is -1.26. The lowest BCUT2D eigenvalue weighted by Gasteiger charge is -2.31. The topological polar surface area (TPSA) is 89.9 Å². The number of carbonyl (C=O) groups excluding carboxylic acids is 1. The zero-order valence-corrected chi connectivity index (χ0v) is 10.8. The van der Waals surface area contributed by atoms with Crippen molar-refractivity contribution in [1.29, 1.82) is 0 Å². The molecule has 0 saturated heterocycles. The number of rotatable bonds is 5. The standard InChI is InChI=1S/C12H22N2O4/c1-14(9-5-3-2-4-6-9)12(18)13-8-7-10(15)11(16)17/h9-10,15H,2-8H2,1H3,(H,13,18)(H,16,17). The molecular formula is C12H22N2O4. The second-order valence-corrected chi connectivity index (χ2v) is 4.78. The fraction of sp³-hybridized carbons (Fsp3) is 0.833. The Balaban J connectivity index is 2.24. The van der Waals surface area contributed by atoms with Crippen LogP contribution in [0.25, 0.3) is 0 Å². The maximum atomic E-state index is 11.8. The fourth-order valence-electron chi connectivity index (χ4n) is 2.20. The lowest BCUT2D eigenvalue weighted by Crippen LogP contribution is -2.45. The predicted molar refractivity (Wildman–Crippen MR) is 66.3 cm³/mol. The van der Waals surface area contributed by atoms with E-state index < -0.39 is 12.1 Å². The quantitative estimate of drug-likeness (QED) is 0.680. The number of carbonyl (C=O) groups is 2. The van der Waals surface area contributed by atoms with Gasteiger partial charge in [-0.3, -0.25) is 0 Å². The number of carboxylic acid groups (broad SMARTS) is 1. The molecule has 1 unspecified atom stereocenters. The van der Waals surface area contributed by atoms with Crippen molar-refractivity contribution >= 4 is 12.0 Å². The molecule has 1 rings (SSSR count). The van der Waals surface area contributed by atoms with E-state index in [1.807, 2.05) is 0 Å². The zero-order valence-electron chi connectivity index (χ0n) is 10.8. The van der Waals surface area contributed by atoms with E-state index in [1.165, 1.54) is 6.42 Å². The van der Waals surface area contributed by atoms with Crippen molar-refractivity contribution in [1.82, 2.24) is 10.2 Å². The number of urea groups is 1. The highest BCUT2D eigenvalue weighted by molar-refractivity contribution is 5.74. The highest BCUT2D eigenvalue weighted by atomic mass is 16.4. The van der Waals surface area contributed by atoms with Crippen LogP contribution in [0, 0.1) is 0 Å². The van der Waals surface area contributed by atoms with Gasteiger partial charge in [0.05, 0.1) is 0 Å². The highest BCUT2D eigenvalue weighted by Gasteiger charge is 2.22. The Hall–Kier alpha value is -1.30. The Kier molecular flexibility index (Phi) is 5.91. The number of nitrogens with one attached hydrogen (secondary N) is 1. The maximum Gasteiger partial charge on any atom is 0.332 e. The van der Waals surface area contributed by atoms with Gasteiger partial charge in [-0.2, -0.15) is 0 Å². The molecule has 1 aliphatic carbocycles. The molecule has 0 aromatic rings. The van der Waals surface area contributed by atoms with Crippen LogP contribution in [-0.2, 0) is 4.79 Å². The normalized spacial score (nSPS) is 18.1. The monoisotopic (exact) mass is 258 g/mol. The number of aliphatic hydroxyl groups excluding tert-OH is 1. The number of hydrogen-bond acceptors (Lipinski definition) is 3. The number of hydrogen-bond donors (Lipinski definition) is 3. The van der Waals surface area contributed by atoms with E-state index in [1.54, 1.807) is 11.9 Å². The molecule has 0 aliphatic heterocycles. The summed E-state index contributed by atoms with van der Waals surface area (Å²) in [5, 5.41) is 20.2. The first-order chi connectivity index (χ1) is 8.52. The molecule has 6 heteroatoms. The minimum Gasteiger partial charge on any atom is -0.479 e. The summed E-state index contributed by atoms with van der Waals surface area (Å²) < 4.78 is 0. The van der Waals surface area contributed by atoms with Crippen LogP contribution in [0.1, 0.15) is 38.5 Å². The molecule has 0 radical (unpaired) electrons. The van der Waals surface area contributed by atoms with Crippen molar-refractivity contribution in [3.8, 4) is 0 Å². The van der Waals surface area contributed by atoms with Crippen molar-refractivity contribution in [3.05, 3.63) is 0 Å². The summed E-state index contributed by atoms with van der Waals surface area (Å²) >= 11 is 0. The van der Waals surface area contributed by atoms with Crippen LogP contribution in [0.3, 0.4) is 0 Å². The Bertz CT molecular complexity index is 290. The molecule has 0 spiro atoms. The van der Waals surface area contributed by atoms with Gasteiger partial charge >= 0.3 is 12.0 Å². The minimum atomic E-state index is -1.41. The Morgan fingerprint density at radius 1 is 1.33 bits per heavy atom. The molecule has 2 amide bonds. The molecule has 1 aliphatic rings. The lowest BCUT2D eigenvalue weighted by molar-refractivity contribution is -0.146. The fourth-order valence-corrected chi connectivity index (χ4v) is 2.20. The Morgan fingerprint density at radius 3 is 2.50 bits per heavy atom. The van der Waals surface area contributed by atoms with E-state index in [-0.39, 0.29) is 25.0 Å². The summed E-state index contributed by atoms with van der Waals surface area (Å²) in [5.41, 5.74) is 0. The SMILES string of the molecule is CN(C(=O)NCCC(O)C(=O)O)C1CCCCC1. The molecule has 18 heavy (non-hydrogen) atoms. The van der Waals surface area contributed by atoms with E-state index in [0.717, 1.165) is 25.7 Å². The molecule has 1 saturated carbocycles. The second-order valence-electron chi connectivity index (χ2n) is 4.78. The zero-order chi connectivity index (χ0) is 13.5. The first-order valence-corrected chi connectivity index (χ1v) is 6.44. The van der Waals surface area contributed by atoms with Crippen LogP contribution in [0.15, 0.2) is 0 Å². The van der Waals surface area contributed by atoms with Crippen LogP contribution < -0.4 is 5.32 Å². The van der Waals surface area contributed by atoms with Crippen molar-refractivity contribution in [2.24, 2.45) is 0 Å². The third kappa shape index (κ3) is 4.52. The van der Waals surface area contributed by atoms with Gasteiger partial charge in [-0.15, -0.1) is 0 Å². The van der Waals surface area contributed by atoms with Gasteiger partial charge in [0.25, 0.3) is 0 Å². The van der Waals surface area contributed by atoms with E-state index in [9.17, 15) is 9.59 Å². The van der Waals surface area contributed by atoms with E-state index in [0.29, 0.717) is 0 Å². The van der Waals surface area contributed by atoms with E-state index in [2.05, 4.69) is 5.32 Å². The van der Waals surface area contributed by atoms with Crippen LogP contribution in [0.5, 0.6) is 0 Å². The van der Waals surface area contributed by atoms with Gasteiger partial charge in [0, 0.05) is 26.1 Å². The summed E-state index contributed by atoms with van der Waals surface area (Å²) in [7, 11) is 1.76. The number of carboxylic acids is 1. The van der Waals surface area contributed by atoms with Gasteiger partial charge in [0.2, 0.25) is 0 Å². The van der Waals surface area contributed by atoms with Crippen LogP contribution in [-0.4, -0.2) is 52.9 Å². The molecule has 1 atom stereocenters. The first-order valence-electron chi connectivity index (χ1n) is 6.44. The largest absolute Gasteiger partial charge is 0.479 e. The third-order valence-corrected chi connectivity index (χ3v) is 3.42. The van der Waals surface area contributed by atoms with Crippen molar-refractivity contribution in [2.75, 3.05) is 13.6 Å². The van der Waals surface area contributed by atoms with Gasteiger partial charge < -0.3 is 20.4 Å². The molecule has 0 aromatic heterocycles. The molecule has 104 valence electrons. The minimum absolute atomic E-state index is 0.0274. The highest BCUT2D eigenvalue weighted by Crippen LogP contribution is 2.21. The van der Waals surface area contributed by atoms with Crippen molar-refractivity contribution in [2.45, 2.75) is 50.7 Å². The van der Waals surface area contributed by atoms with Crippen molar-refractivity contribution in [3.63, 3.8) is 0 Å².